The molecule has 0 saturated carbocycles. The zero-order chi connectivity index (χ0) is 21.8. The SMILES string of the molecule is CC(c1ccccc1I)N1CCC(N2CCN(c3ccc(NC(N)=S)cc3)CC2)CC1.Cl. The van der Waals surface area contributed by atoms with Crippen molar-refractivity contribution in [2.24, 2.45) is 5.73 Å². The van der Waals surface area contributed by atoms with Crippen LogP contribution in [0.3, 0.4) is 0 Å². The fourth-order valence-corrected chi connectivity index (χ4v) is 5.85. The van der Waals surface area contributed by atoms with Crippen molar-refractivity contribution in [3.05, 3.63) is 57.7 Å². The quantitative estimate of drug-likeness (QED) is 0.391. The van der Waals surface area contributed by atoms with E-state index in [0.29, 0.717) is 11.2 Å². The lowest BCUT2D eigenvalue weighted by Gasteiger charge is -2.44. The van der Waals surface area contributed by atoms with E-state index in [9.17, 15) is 0 Å². The van der Waals surface area contributed by atoms with Crippen LogP contribution in [-0.4, -0.2) is 60.2 Å². The fourth-order valence-electron chi connectivity index (χ4n) is 4.89. The Labute approximate surface area is 217 Å². The first-order valence-electron chi connectivity index (χ1n) is 11.2. The van der Waals surface area contributed by atoms with Gasteiger partial charge in [-0.15, -0.1) is 12.4 Å². The van der Waals surface area contributed by atoms with E-state index >= 15 is 0 Å². The Bertz CT molecular complexity index is 880. The molecule has 0 spiro atoms. The van der Waals surface area contributed by atoms with Crippen molar-refractivity contribution in [2.45, 2.75) is 31.8 Å². The molecule has 2 aliphatic heterocycles. The number of hydrogen-bond acceptors (Lipinski definition) is 4. The summed E-state index contributed by atoms with van der Waals surface area (Å²) < 4.78 is 1.38. The largest absolute Gasteiger partial charge is 0.376 e. The predicted molar refractivity (Wildman–Crippen MR) is 150 cm³/mol. The molecule has 8 heteroatoms. The third-order valence-corrected chi connectivity index (χ3v) is 7.82. The van der Waals surface area contributed by atoms with Gasteiger partial charge in [-0.1, -0.05) is 18.2 Å². The zero-order valence-electron chi connectivity index (χ0n) is 18.5. The summed E-state index contributed by atoms with van der Waals surface area (Å²) in [5.41, 5.74) is 9.23. The van der Waals surface area contributed by atoms with Crippen molar-refractivity contribution >= 4 is 63.7 Å². The normalized spacial score (nSPS) is 19.2. The van der Waals surface area contributed by atoms with Crippen molar-refractivity contribution in [1.82, 2.24) is 9.80 Å². The Hall–Kier alpha value is -1.13. The second-order valence-corrected chi connectivity index (χ2v) is 10.1. The van der Waals surface area contributed by atoms with Crippen LogP contribution in [0.15, 0.2) is 48.5 Å². The van der Waals surface area contributed by atoms with E-state index in [-0.39, 0.29) is 12.4 Å². The van der Waals surface area contributed by atoms with Gasteiger partial charge in [-0.05, 0) is 90.5 Å². The maximum Gasteiger partial charge on any atom is 0.168 e. The first kappa shape index (κ1) is 25.5. The van der Waals surface area contributed by atoms with Crippen LogP contribution >= 0.6 is 47.2 Å². The van der Waals surface area contributed by atoms with Crippen LogP contribution in [-0.2, 0) is 0 Å². The Kier molecular flexibility index (Phi) is 9.43. The summed E-state index contributed by atoms with van der Waals surface area (Å²) >= 11 is 7.38. The number of nitrogens with zero attached hydrogens (tertiary/aromatic N) is 3. The van der Waals surface area contributed by atoms with Gasteiger partial charge < -0.3 is 16.0 Å². The van der Waals surface area contributed by atoms with Crippen LogP contribution in [0.1, 0.15) is 31.4 Å². The third kappa shape index (κ3) is 6.26. The summed E-state index contributed by atoms with van der Waals surface area (Å²) in [6.07, 6.45) is 2.54. The standard InChI is InChI=1S/C24H32IN5S.ClH/c1-18(22-4-2-3-5-23(22)25)28-12-10-21(11-13-28)30-16-14-29(15-17-30)20-8-6-19(7-9-20)27-24(26)31;/h2-9,18,21H,10-17H2,1H3,(H3,26,27,31);1H. The van der Waals surface area contributed by atoms with Crippen LogP contribution in [0.5, 0.6) is 0 Å². The number of likely N-dealkylation sites (tertiary alicyclic amines) is 1. The molecule has 2 fully saturated rings. The van der Waals surface area contributed by atoms with Crippen LogP contribution in [0.4, 0.5) is 11.4 Å². The van der Waals surface area contributed by atoms with Crippen molar-refractivity contribution in [3.63, 3.8) is 0 Å². The topological polar surface area (TPSA) is 47.8 Å². The zero-order valence-corrected chi connectivity index (χ0v) is 22.3. The van der Waals surface area contributed by atoms with Gasteiger partial charge in [0.05, 0.1) is 0 Å². The first-order valence-corrected chi connectivity index (χ1v) is 12.6. The van der Waals surface area contributed by atoms with Gasteiger partial charge in [0.25, 0.3) is 0 Å². The molecule has 3 N–H and O–H groups in total. The average Bonchev–Trinajstić information content (AvgIpc) is 2.79. The molecule has 1 atom stereocenters. The number of nitrogens with one attached hydrogen (secondary N) is 1. The second kappa shape index (κ2) is 11.8. The minimum absolute atomic E-state index is 0. The summed E-state index contributed by atoms with van der Waals surface area (Å²) in [6.45, 7) is 9.19. The molecule has 2 saturated heterocycles. The Morgan fingerprint density at radius 2 is 1.62 bits per heavy atom. The maximum atomic E-state index is 5.55. The molecule has 1 unspecified atom stereocenters. The van der Waals surface area contributed by atoms with Crippen molar-refractivity contribution in [1.29, 1.82) is 0 Å². The Morgan fingerprint density at radius 3 is 2.22 bits per heavy atom. The monoisotopic (exact) mass is 585 g/mol. The first-order chi connectivity index (χ1) is 15.0. The average molecular weight is 586 g/mol. The molecule has 0 bridgehead atoms. The molecule has 2 aromatic rings. The molecule has 174 valence electrons. The molecule has 2 aromatic carbocycles. The van der Waals surface area contributed by atoms with Crippen LogP contribution in [0.25, 0.3) is 0 Å². The van der Waals surface area contributed by atoms with Gasteiger partial charge in [-0.2, -0.15) is 0 Å². The summed E-state index contributed by atoms with van der Waals surface area (Å²) in [6, 6.07) is 18.4. The van der Waals surface area contributed by atoms with E-state index in [2.05, 4.69) is 85.9 Å². The second-order valence-electron chi connectivity index (χ2n) is 8.52. The highest BCUT2D eigenvalue weighted by atomic mass is 127. The molecule has 32 heavy (non-hydrogen) atoms. The van der Waals surface area contributed by atoms with Gasteiger partial charge in [0, 0.05) is 66.3 Å². The minimum atomic E-state index is 0. The molecule has 0 aliphatic carbocycles. The molecule has 2 heterocycles. The maximum absolute atomic E-state index is 5.55. The molecule has 5 nitrogen and oxygen atoms in total. The Morgan fingerprint density at radius 1 is 1.00 bits per heavy atom. The number of piperidine rings is 1. The molecule has 2 aliphatic rings. The van der Waals surface area contributed by atoms with Gasteiger partial charge in [0.1, 0.15) is 0 Å². The highest BCUT2D eigenvalue weighted by Gasteiger charge is 2.29. The van der Waals surface area contributed by atoms with Gasteiger partial charge in [0.15, 0.2) is 5.11 Å². The number of anilines is 2. The number of nitrogens with two attached hydrogens (primary N) is 1. The molecular formula is C24H33ClIN5S. The van der Waals surface area contributed by atoms with Gasteiger partial charge in [-0.3, -0.25) is 9.80 Å². The van der Waals surface area contributed by atoms with E-state index in [4.69, 9.17) is 18.0 Å². The lowest BCUT2D eigenvalue weighted by molar-refractivity contribution is 0.0838. The minimum Gasteiger partial charge on any atom is -0.376 e. The third-order valence-electron chi connectivity index (χ3n) is 6.73. The summed E-state index contributed by atoms with van der Waals surface area (Å²) in [5, 5.41) is 3.29. The summed E-state index contributed by atoms with van der Waals surface area (Å²) in [5.74, 6) is 0. The van der Waals surface area contributed by atoms with E-state index in [1.54, 1.807) is 0 Å². The molecule has 0 aromatic heterocycles. The van der Waals surface area contributed by atoms with Crippen LogP contribution in [0, 0.1) is 3.57 Å². The summed E-state index contributed by atoms with van der Waals surface area (Å²) in [7, 11) is 0. The molecule has 4 rings (SSSR count). The lowest BCUT2D eigenvalue weighted by Crippen LogP contribution is -2.53. The number of piperazine rings is 1. The smallest absolute Gasteiger partial charge is 0.168 e. The van der Waals surface area contributed by atoms with Crippen molar-refractivity contribution < 1.29 is 0 Å². The van der Waals surface area contributed by atoms with E-state index in [1.807, 2.05) is 12.1 Å². The lowest BCUT2D eigenvalue weighted by atomic mass is 9.98. The number of hydrogen-bond donors (Lipinski definition) is 2. The van der Waals surface area contributed by atoms with E-state index in [0.717, 1.165) is 37.9 Å². The van der Waals surface area contributed by atoms with Gasteiger partial charge in [-0.25, -0.2) is 0 Å². The highest BCUT2D eigenvalue weighted by molar-refractivity contribution is 14.1. The van der Waals surface area contributed by atoms with Gasteiger partial charge in [0.2, 0.25) is 0 Å². The van der Waals surface area contributed by atoms with E-state index in [1.165, 1.54) is 40.8 Å². The fraction of sp³-hybridized carbons (Fsp3) is 0.458. The molecule has 0 amide bonds. The highest BCUT2D eigenvalue weighted by Crippen LogP contribution is 2.29. The number of halogens is 2. The predicted octanol–water partition coefficient (Wildman–Crippen LogP) is 4.72. The number of benzene rings is 2. The van der Waals surface area contributed by atoms with Crippen molar-refractivity contribution in [3.8, 4) is 0 Å². The van der Waals surface area contributed by atoms with E-state index < -0.39 is 0 Å². The van der Waals surface area contributed by atoms with Gasteiger partial charge >= 0.3 is 0 Å². The molecular weight excluding hydrogens is 553 g/mol. The Balaban J connectivity index is 0.00000289. The molecule has 0 radical (unpaired) electrons. The number of rotatable bonds is 5. The van der Waals surface area contributed by atoms with Crippen LogP contribution < -0.4 is 16.0 Å². The summed E-state index contributed by atoms with van der Waals surface area (Å²) in [4.78, 5) is 7.86. The van der Waals surface area contributed by atoms with Crippen LogP contribution in [0.2, 0.25) is 0 Å². The van der Waals surface area contributed by atoms with Crippen molar-refractivity contribution in [2.75, 3.05) is 49.5 Å². The number of thiocarbonyl (C=S) groups is 1.